The Hall–Kier alpha value is -2.24. The molecule has 24 heavy (non-hydrogen) atoms. The number of amides is 2. The number of primary amides is 1. The summed E-state index contributed by atoms with van der Waals surface area (Å²) in [6.45, 7) is 0. The van der Waals surface area contributed by atoms with Gasteiger partial charge in [-0.05, 0) is 29.7 Å². The highest BCUT2D eigenvalue weighted by Crippen LogP contribution is 2.55. The van der Waals surface area contributed by atoms with Gasteiger partial charge >= 0.3 is 12.0 Å². The molecule has 3 rings (SSSR count). The number of nitrogens with one attached hydrogen (secondary N) is 1. The van der Waals surface area contributed by atoms with Crippen LogP contribution in [0.5, 0.6) is 0 Å². The summed E-state index contributed by atoms with van der Waals surface area (Å²) < 4.78 is 0. The van der Waals surface area contributed by atoms with Gasteiger partial charge < -0.3 is 16.2 Å². The average Bonchev–Trinajstić information content (AvgIpc) is 3.22. The molecule has 2 unspecified atom stereocenters. The molecule has 0 radical (unpaired) electrons. The second-order valence-corrected chi connectivity index (χ2v) is 6.58. The van der Waals surface area contributed by atoms with Gasteiger partial charge in [0.15, 0.2) is 0 Å². The van der Waals surface area contributed by atoms with Gasteiger partial charge in [0.1, 0.15) is 5.54 Å². The molecule has 0 bridgehead atoms. The topological polar surface area (TPSA) is 92.4 Å². The van der Waals surface area contributed by atoms with Crippen LogP contribution in [-0.2, 0) is 4.79 Å². The van der Waals surface area contributed by atoms with Gasteiger partial charge in [0.05, 0.1) is 5.02 Å². The van der Waals surface area contributed by atoms with Crippen LogP contribution in [0, 0.1) is 0 Å². The molecule has 2 amide bonds. The van der Waals surface area contributed by atoms with Crippen molar-refractivity contribution in [3.63, 3.8) is 0 Å². The minimum Gasteiger partial charge on any atom is -0.479 e. The van der Waals surface area contributed by atoms with E-state index in [2.05, 4.69) is 5.32 Å². The molecular formula is C17H14Cl2N2O3. The highest BCUT2D eigenvalue weighted by molar-refractivity contribution is 6.36. The number of carbonyl (C=O) groups excluding carboxylic acids is 1. The fraction of sp³-hybridized carbons (Fsp3) is 0.176. The molecule has 7 heteroatoms. The van der Waals surface area contributed by atoms with E-state index in [0.717, 1.165) is 5.56 Å². The largest absolute Gasteiger partial charge is 0.479 e. The highest BCUT2D eigenvalue weighted by Gasteiger charge is 2.63. The monoisotopic (exact) mass is 364 g/mol. The predicted octanol–water partition coefficient (Wildman–Crippen LogP) is 3.64. The maximum absolute atomic E-state index is 11.7. The molecule has 5 nitrogen and oxygen atoms in total. The van der Waals surface area contributed by atoms with E-state index in [1.54, 1.807) is 12.1 Å². The van der Waals surface area contributed by atoms with Gasteiger partial charge in [-0.15, -0.1) is 0 Å². The summed E-state index contributed by atoms with van der Waals surface area (Å²) in [6, 6.07) is 11.8. The van der Waals surface area contributed by atoms with E-state index in [1.165, 1.54) is 0 Å². The number of aliphatic carboxylic acids is 1. The first-order valence-corrected chi connectivity index (χ1v) is 7.96. The van der Waals surface area contributed by atoms with Crippen molar-refractivity contribution in [3.05, 3.63) is 58.1 Å². The zero-order chi connectivity index (χ0) is 17.5. The fourth-order valence-electron chi connectivity index (χ4n) is 3.06. The minimum absolute atomic E-state index is 0.224. The summed E-state index contributed by atoms with van der Waals surface area (Å²) in [7, 11) is 0. The molecule has 0 heterocycles. The summed E-state index contributed by atoms with van der Waals surface area (Å²) in [5, 5.41) is 12.7. The fourth-order valence-corrected chi connectivity index (χ4v) is 3.68. The van der Waals surface area contributed by atoms with Crippen molar-refractivity contribution in [3.8, 4) is 11.1 Å². The SMILES string of the molecule is NC(=O)NC1(C(=O)O)CC1c1cc(Cl)cc(Cl)c1-c1ccccc1. The maximum Gasteiger partial charge on any atom is 0.330 e. The lowest BCUT2D eigenvalue weighted by Gasteiger charge is -2.17. The van der Waals surface area contributed by atoms with Crippen LogP contribution in [0.3, 0.4) is 0 Å². The van der Waals surface area contributed by atoms with E-state index in [4.69, 9.17) is 28.9 Å². The maximum atomic E-state index is 11.7. The molecule has 0 spiro atoms. The van der Waals surface area contributed by atoms with Crippen molar-refractivity contribution < 1.29 is 14.7 Å². The number of hydrogen-bond donors (Lipinski definition) is 3. The molecule has 124 valence electrons. The molecule has 2 atom stereocenters. The van der Waals surface area contributed by atoms with Crippen LogP contribution in [-0.4, -0.2) is 22.6 Å². The van der Waals surface area contributed by atoms with Crippen LogP contribution in [0.4, 0.5) is 4.79 Å². The number of carboxylic acid groups (broad SMARTS) is 1. The summed E-state index contributed by atoms with van der Waals surface area (Å²) in [5.74, 6) is -1.60. The molecular weight excluding hydrogens is 351 g/mol. The van der Waals surface area contributed by atoms with Crippen molar-refractivity contribution >= 4 is 35.2 Å². The molecule has 1 aliphatic carbocycles. The molecule has 4 N–H and O–H groups in total. The van der Waals surface area contributed by atoms with Crippen LogP contribution in [0.25, 0.3) is 11.1 Å². The van der Waals surface area contributed by atoms with Gasteiger partial charge in [-0.25, -0.2) is 9.59 Å². The van der Waals surface area contributed by atoms with E-state index >= 15 is 0 Å². The number of nitrogens with two attached hydrogens (primary N) is 1. The Labute approximate surface area is 148 Å². The van der Waals surface area contributed by atoms with Crippen LogP contribution < -0.4 is 11.1 Å². The zero-order valence-electron chi connectivity index (χ0n) is 12.4. The van der Waals surface area contributed by atoms with E-state index in [9.17, 15) is 14.7 Å². The summed E-state index contributed by atoms with van der Waals surface area (Å²) >= 11 is 12.5. The normalized spacial score (nSPS) is 22.0. The van der Waals surface area contributed by atoms with E-state index in [0.29, 0.717) is 21.2 Å². The van der Waals surface area contributed by atoms with Crippen molar-refractivity contribution in [2.24, 2.45) is 5.73 Å². The van der Waals surface area contributed by atoms with Gasteiger partial charge in [-0.3, -0.25) is 0 Å². The second kappa shape index (κ2) is 6.00. The molecule has 0 aromatic heterocycles. The van der Waals surface area contributed by atoms with Crippen LogP contribution in [0.1, 0.15) is 17.9 Å². The third kappa shape index (κ3) is 2.81. The molecule has 2 aromatic carbocycles. The third-order valence-corrected chi connectivity index (χ3v) is 4.73. The first-order valence-electron chi connectivity index (χ1n) is 7.20. The Morgan fingerprint density at radius 1 is 1.21 bits per heavy atom. The van der Waals surface area contributed by atoms with Crippen molar-refractivity contribution in [1.29, 1.82) is 0 Å². The zero-order valence-corrected chi connectivity index (χ0v) is 13.9. The van der Waals surface area contributed by atoms with E-state index in [-0.39, 0.29) is 6.42 Å². The van der Waals surface area contributed by atoms with E-state index < -0.39 is 23.5 Å². The lowest BCUT2D eigenvalue weighted by molar-refractivity contribution is -0.140. The predicted molar refractivity (Wildman–Crippen MR) is 92.3 cm³/mol. The van der Waals surface area contributed by atoms with Gasteiger partial charge in [0.2, 0.25) is 0 Å². The van der Waals surface area contributed by atoms with Crippen LogP contribution in [0.2, 0.25) is 10.0 Å². The Bertz CT molecular complexity index is 826. The number of rotatable bonds is 4. The first kappa shape index (κ1) is 16.6. The summed E-state index contributed by atoms with van der Waals surface area (Å²) in [4.78, 5) is 22.9. The molecule has 1 fully saturated rings. The lowest BCUT2D eigenvalue weighted by Crippen LogP contribution is -2.47. The Morgan fingerprint density at radius 2 is 1.88 bits per heavy atom. The number of carboxylic acids is 1. The standard InChI is InChI=1S/C17H14Cl2N2O3/c18-10-6-11(12-8-17(12,15(22)23)21-16(20)24)14(13(19)7-10)9-4-2-1-3-5-9/h1-7,12H,8H2,(H,22,23)(H3,20,21,24). The number of hydrogen-bond acceptors (Lipinski definition) is 2. The minimum atomic E-state index is -1.43. The van der Waals surface area contributed by atoms with E-state index in [1.807, 2.05) is 30.3 Å². The summed E-state index contributed by atoms with van der Waals surface area (Å²) in [6.07, 6.45) is 0.224. The van der Waals surface area contributed by atoms with Gasteiger partial charge in [-0.2, -0.15) is 0 Å². The van der Waals surface area contributed by atoms with Gasteiger partial charge in [0.25, 0.3) is 0 Å². The molecule has 1 saturated carbocycles. The van der Waals surface area contributed by atoms with Gasteiger partial charge in [-0.1, -0.05) is 53.5 Å². The molecule has 1 aliphatic rings. The average molecular weight is 365 g/mol. The lowest BCUT2D eigenvalue weighted by atomic mass is 9.94. The number of halogens is 2. The highest BCUT2D eigenvalue weighted by atomic mass is 35.5. The molecule has 2 aromatic rings. The van der Waals surface area contributed by atoms with Crippen molar-refractivity contribution in [2.45, 2.75) is 17.9 Å². The Kier molecular flexibility index (Phi) is 4.15. The van der Waals surface area contributed by atoms with Crippen LogP contribution in [0.15, 0.2) is 42.5 Å². The van der Waals surface area contributed by atoms with Crippen LogP contribution >= 0.6 is 23.2 Å². The third-order valence-electron chi connectivity index (χ3n) is 4.21. The van der Waals surface area contributed by atoms with Crippen molar-refractivity contribution in [1.82, 2.24) is 5.32 Å². The Balaban J connectivity index is 2.12. The first-order chi connectivity index (χ1) is 11.3. The van der Waals surface area contributed by atoms with Gasteiger partial charge in [0, 0.05) is 16.5 Å². The van der Waals surface area contributed by atoms with Crippen molar-refractivity contribution in [2.75, 3.05) is 0 Å². The summed E-state index contributed by atoms with van der Waals surface area (Å²) in [5.41, 5.74) is 5.94. The second-order valence-electron chi connectivity index (χ2n) is 5.74. The molecule has 0 saturated heterocycles. The number of benzene rings is 2. The number of urea groups is 1. The number of carbonyl (C=O) groups is 2. The molecule has 0 aliphatic heterocycles. The quantitative estimate of drug-likeness (QED) is 0.772. The Morgan fingerprint density at radius 3 is 2.46 bits per heavy atom. The smallest absolute Gasteiger partial charge is 0.330 e.